The van der Waals surface area contributed by atoms with E-state index >= 15 is 0 Å². The molecule has 0 heteroatoms. The highest BCUT2D eigenvalue weighted by Gasteiger charge is 2.09. The van der Waals surface area contributed by atoms with Gasteiger partial charge in [-0.05, 0) is 62.7 Å². The predicted octanol–water partition coefficient (Wildman–Crippen LogP) is 8.75. The molecule has 0 aliphatic rings. The van der Waals surface area contributed by atoms with Crippen molar-refractivity contribution in [1.29, 1.82) is 0 Å². The number of hydrogen-bond acceptors (Lipinski definition) is 0. The molecule has 0 rings (SSSR count). The van der Waals surface area contributed by atoms with Gasteiger partial charge < -0.3 is 0 Å². The maximum Gasteiger partial charge on any atom is -0.0134 e. The molecule has 2 unspecified atom stereocenters. The Morgan fingerprint density at radius 3 is 2.00 bits per heavy atom. The van der Waals surface area contributed by atoms with Crippen LogP contribution in [0.4, 0.5) is 0 Å². The molecule has 0 saturated carbocycles. The Morgan fingerprint density at radius 1 is 0.840 bits per heavy atom. The van der Waals surface area contributed by atoms with Gasteiger partial charge in [-0.15, -0.1) is 6.58 Å². The molecule has 0 aliphatic carbocycles. The van der Waals surface area contributed by atoms with Gasteiger partial charge in [0, 0.05) is 0 Å². The van der Waals surface area contributed by atoms with Crippen LogP contribution in [0.15, 0.2) is 36.0 Å². The van der Waals surface area contributed by atoms with Gasteiger partial charge in [0.2, 0.25) is 0 Å². The van der Waals surface area contributed by atoms with Crippen molar-refractivity contribution in [1.82, 2.24) is 0 Å². The Hall–Kier alpha value is -0.780. The van der Waals surface area contributed by atoms with Gasteiger partial charge in [0.05, 0.1) is 0 Å². The summed E-state index contributed by atoms with van der Waals surface area (Å²) in [5.74, 6) is 2.93. The van der Waals surface area contributed by atoms with Gasteiger partial charge in [-0.1, -0.05) is 90.2 Å². The molecule has 0 N–H and O–H groups in total. The lowest BCUT2D eigenvalue weighted by Crippen LogP contribution is -2.02. The van der Waals surface area contributed by atoms with Crippen LogP contribution in [0.1, 0.15) is 99.8 Å². The van der Waals surface area contributed by atoms with E-state index in [1.54, 1.807) is 11.1 Å². The summed E-state index contributed by atoms with van der Waals surface area (Å²) in [6, 6.07) is 0. The molecule has 0 aromatic carbocycles. The molecule has 2 atom stereocenters. The van der Waals surface area contributed by atoms with Gasteiger partial charge in [-0.25, -0.2) is 0 Å². The van der Waals surface area contributed by atoms with Crippen LogP contribution in [0, 0.1) is 23.7 Å². The Morgan fingerprint density at radius 2 is 1.44 bits per heavy atom. The smallest absolute Gasteiger partial charge is 0.0134 e. The molecule has 0 radical (unpaired) electrons. The summed E-state index contributed by atoms with van der Waals surface area (Å²) in [4.78, 5) is 0. The third-order valence-electron chi connectivity index (χ3n) is 5.24. The molecule has 0 bridgehead atoms. The Labute approximate surface area is 159 Å². The first-order valence-corrected chi connectivity index (χ1v) is 10.7. The molecule has 25 heavy (non-hydrogen) atoms. The third kappa shape index (κ3) is 14.1. The maximum atomic E-state index is 3.93. The fraction of sp³-hybridized carbons (Fsp3) is 0.760. The fourth-order valence-corrected chi connectivity index (χ4v) is 3.12. The molecule has 0 fully saturated rings. The minimum atomic E-state index is 0.578. The highest BCUT2D eigenvalue weighted by Crippen LogP contribution is 2.25. The van der Waals surface area contributed by atoms with Gasteiger partial charge in [-0.3, -0.25) is 0 Å². The normalized spacial score (nSPS) is 15.7. The molecule has 0 heterocycles. The van der Waals surface area contributed by atoms with Crippen molar-refractivity contribution in [3.8, 4) is 0 Å². The first-order chi connectivity index (χ1) is 11.8. The zero-order valence-electron chi connectivity index (χ0n) is 18.4. The second-order valence-corrected chi connectivity index (χ2v) is 8.99. The molecule has 0 spiro atoms. The standard InChI is InChI=1S/C25H46/c1-9-22(6)16-18-25(24(8)15-11-13-21(4)5)19-17-23(7)14-10-12-20(2)3/h9,17-18,20-22,24H,1,10-16,19H2,2-8H3/b23-17+,25-18?. The Bertz CT molecular complexity index is 394. The van der Waals surface area contributed by atoms with Crippen LogP contribution in [-0.2, 0) is 0 Å². The third-order valence-corrected chi connectivity index (χ3v) is 5.24. The summed E-state index contributed by atoms with van der Waals surface area (Å²) in [6.07, 6.45) is 17.3. The highest BCUT2D eigenvalue weighted by atomic mass is 14.1. The molecule has 0 aromatic heterocycles. The minimum absolute atomic E-state index is 0.578. The molecule has 146 valence electrons. The zero-order valence-corrected chi connectivity index (χ0v) is 18.4. The van der Waals surface area contributed by atoms with Gasteiger partial charge in [0.1, 0.15) is 0 Å². The van der Waals surface area contributed by atoms with Crippen molar-refractivity contribution >= 4 is 0 Å². The van der Waals surface area contributed by atoms with Crippen molar-refractivity contribution in [3.63, 3.8) is 0 Å². The molecule has 0 saturated heterocycles. The van der Waals surface area contributed by atoms with Crippen molar-refractivity contribution in [2.75, 3.05) is 0 Å². The van der Waals surface area contributed by atoms with Crippen LogP contribution in [0.2, 0.25) is 0 Å². The van der Waals surface area contributed by atoms with E-state index in [0.29, 0.717) is 11.8 Å². The maximum absolute atomic E-state index is 3.93. The van der Waals surface area contributed by atoms with E-state index in [-0.39, 0.29) is 0 Å². The van der Waals surface area contributed by atoms with Gasteiger partial charge in [-0.2, -0.15) is 0 Å². The van der Waals surface area contributed by atoms with E-state index < -0.39 is 0 Å². The van der Waals surface area contributed by atoms with Gasteiger partial charge >= 0.3 is 0 Å². The Kier molecular flexibility index (Phi) is 13.9. The lowest BCUT2D eigenvalue weighted by Gasteiger charge is -2.17. The molecular weight excluding hydrogens is 300 g/mol. The van der Waals surface area contributed by atoms with E-state index in [1.807, 2.05) is 0 Å². The SMILES string of the molecule is C=CC(C)CC=C(C/C=C(\C)CCCC(C)C)C(C)CCCC(C)C. The average Bonchev–Trinajstić information content (AvgIpc) is 2.53. The summed E-state index contributed by atoms with van der Waals surface area (Å²) in [7, 11) is 0. The molecule has 0 aromatic rings. The van der Waals surface area contributed by atoms with Gasteiger partial charge in [0.15, 0.2) is 0 Å². The van der Waals surface area contributed by atoms with Crippen LogP contribution in [0.3, 0.4) is 0 Å². The topological polar surface area (TPSA) is 0 Å². The largest absolute Gasteiger partial charge is 0.103 e. The monoisotopic (exact) mass is 346 g/mol. The molecule has 0 amide bonds. The average molecular weight is 347 g/mol. The lowest BCUT2D eigenvalue weighted by atomic mass is 9.89. The second kappa shape index (κ2) is 14.4. The lowest BCUT2D eigenvalue weighted by molar-refractivity contribution is 0.487. The van der Waals surface area contributed by atoms with E-state index in [9.17, 15) is 0 Å². The van der Waals surface area contributed by atoms with Crippen molar-refractivity contribution < 1.29 is 0 Å². The Balaban J connectivity index is 4.68. The summed E-state index contributed by atoms with van der Waals surface area (Å²) >= 11 is 0. The highest BCUT2D eigenvalue weighted by molar-refractivity contribution is 5.14. The van der Waals surface area contributed by atoms with Crippen LogP contribution < -0.4 is 0 Å². The van der Waals surface area contributed by atoms with E-state index in [4.69, 9.17) is 0 Å². The van der Waals surface area contributed by atoms with Crippen LogP contribution >= 0.6 is 0 Å². The summed E-state index contributed by atoms with van der Waals surface area (Å²) in [5, 5.41) is 0. The molecular formula is C25H46. The number of hydrogen-bond donors (Lipinski definition) is 0. The molecule has 0 aliphatic heterocycles. The summed E-state index contributed by atoms with van der Waals surface area (Å²) < 4.78 is 0. The predicted molar refractivity (Wildman–Crippen MR) is 117 cm³/mol. The summed E-state index contributed by atoms with van der Waals surface area (Å²) in [6.45, 7) is 20.2. The fourth-order valence-electron chi connectivity index (χ4n) is 3.12. The van der Waals surface area contributed by atoms with E-state index in [2.05, 4.69) is 73.3 Å². The molecule has 0 nitrogen and oxygen atoms in total. The summed E-state index contributed by atoms with van der Waals surface area (Å²) in [5.41, 5.74) is 3.21. The van der Waals surface area contributed by atoms with E-state index in [0.717, 1.165) is 24.7 Å². The van der Waals surface area contributed by atoms with Crippen molar-refractivity contribution in [3.05, 3.63) is 36.0 Å². The first kappa shape index (κ1) is 24.2. The van der Waals surface area contributed by atoms with Crippen molar-refractivity contribution in [2.24, 2.45) is 23.7 Å². The van der Waals surface area contributed by atoms with E-state index in [1.165, 1.54) is 38.5 Å². The zero-order chi connectivity index (χ0) is 19.2. The van der Waals surface area contributed by atoms with Crippen LogP contribution in [-0.4, -0.2) is 0 Å². The minimum Gasteiger partial charge on any atom is -0.103 e. The van der Waals surface area contributed by atoms with Gasteiger partial charge in [0.25, 0.3) is 0 Å². The second-order valence-electron chi connectivity index (χ2n) is 8.99. The first-order valence-electron chi connectivity index (χ1n) is 10.7. The quantitative estimate of drug-likeness (QED) is 0.276. The van der Waals surface area contributed by atoms with Crippen LogP contribution in [0.5, 0.6) is 0 Å². The van der Waals surface area contributed by atoms with Crippen LogP contribution in [0.25, 0.3) is 0 Å². The number of rotatable bonds is 14. The van der Waals surface area contributed by atoms with Crippen molar-refractivity contribution in [2.45, 2.75) is 99.8 Å². The number of allylic oxidation sites excluding steroid dienone is 5.